The Balaban J connectivity index is 2.76. The highest BCUT2D eigenvalue weighted by molar-refractivity contribution is 7.14. The molecule has 0 aliphatic carbocycles. The number of aromatic nitrogens is 1. The summed E-state index contributed by atoms with van der Waals surface area (Å²) in [7, 11) is 0. The van der Waals surface area contributed by atoms with Crippen molar-refractivity contribution < 1.29 is 14.4 Å². The average Bonchev–Trinajstić information content (AvgIpc) is 2.77. The Labute approximate surface area is 108 Å². The highest BCUT2D eigenvalue weighted by atomic mass is 32.1. The van der Waals surface area contributed by atoms with E-state index in [1.54, 1.807) is 0 Å². The van der Waals surface area contributed by atoms with E-state index in [1.165, 1.54) is 5.38 Å². The SMILES string of the molecule is CCCCO/N=C(/C([NH])=O)c1csc(NC=O)n1. The first-order valence-corrected chi connectivity index (χ1v) is 6.19. The summed E-state index contributed by atoms with van der Waals surface area (Å²) in [6, 6.07) is 0. The largest absolute Gasteiger partial charge is 0.395 e. The van der Waals surface area contributed by atoms with E-state index in [0.717, 1.165) is 24.2 Å². The molecule has 2 amide bonds. The van der Waals surface area contributed by atoms with Gasteiger partial charge in [-0.05, 0) is 6.42 Å². The van der Waals surface area contributed by atoms with E-state index in [-0.39, 0.29) is 11.4 Å². The molecule has 0 spiro atoms. The third-order valence-electron chi connectivity index (χ3n) is 1.89. The summed E-state index contributed by atoms with van der Waals surface area (Å²) in [4.78, 5) is 30.2. The second kappa shape index (κ2) is 7.38. The molecule has 0 aliphatic rings. The molecule has 1 aromatic heterocycles. The first-order valence-electron chi connectivity index (χ1n) is 5.31. The number of hydrogen-bond acceptors (Lipinski definition) is 6. The van der Waals surface area contributed by atoms with Gasteiger partial charge in [0.1, 0.15) is 12.3 Å². The molecule has 1 radical (unpaired) electrons. The van der Waals surface area contributed by atoms with Crippen LogP contribution in [-0.2, 0) is 14.4 Å². The van der Waals surface area contributed by atoms with E-state index in [4.69, 9.17) is 10.6 Å². The number of oxime groups is 1. The molecule has 18 heavy (non-hydrogen) atoms. The monoisotopic (exact) mass is 269 g/mol. The van der Waals surface area contributed by atoms with E-state index in [0.29, 0.717) is 18.1 Å². The van der Waals surface area contributed by atoms with Crippen molar-refractivity contribution in [1.82, 2.24) is 10.7 Å². The Hall–Kier alpha value is -1.96. The lowest BCUT2D eigenvalue weighted by Gasteiger charge is -1.99. The number of nitrogens with zero attached hydrogens (tertiary/aromatic N) is 2. The van der Waals surface area contributed by atoms with Gasteiger partial charge in [0.05, 0.1) is 0 Å². The van der Waals surface area contributed by atoms with Crippen LogP contribution >= 0.6 is 11.3 Å². The molecule has 0 fully saturated rings. The zero-order valence-electron chi connectivity index (χ0n) is 9.80. The number of thiazole rings is 1. The lowest BCUT2D eigenvalue weighted by Crippen LogP contribution is -2.17. The number of hydrogen-bond donors (Lipinski definition) is 1. The van der Waals surface area contributed by atoms with Crippen molar-refractivity contribution in [2.45, 2.75) is 19.8 Å². The lowest BCUT2D eigenvalue weighted by molar-refractivity contribution is -0.112. The number of amides is 2. The van der Waals surface area contributed by atoms with Crippen LogP contribution < -0.4 is 11.1 Å². The molecule has 0 aromatic carbocycles. The van der Waals surface area contributed by atoms with Crippen molar-refractivity contribution in [3.63, 3.8) is 0 Å². The van der Waals surface area contributed by atoms with Crippen LogP contribution in [0.1, 0.15) is 25.5 Å². The van der Waals surface area contributed by atoms with Crippen molar-refractivity contribution in [2.24, 2.45) is 5.16 Å². The summed E-state index contributed by atoms with van der Waals surface area (Å²) < 4.78 is 0. The minimum absolute atomic E-state index is 0.165. The Morgan fingerprint density at radius 2 is 2.50 bits per heavy atom. The fourth-order valence-electron chi connectivity index (χ4n) is 1.02. The number of carbonyl (C=O) groups is 2. The molecule has 0 atom stereocenters. The van der Waals surface area contributed by atoms with Gasteiger partial charge >= 0.3 is 0 Å². The highest BCUT2D eigenvalue weighted by Gasteiger charge is 2.16. The molecule has 0 aliphatic heterocycles. The van der Waals surface area contributed by atoms with Gasteiger partial charge in [0.2, 0.25) is 6.41 Å². The van der Waals surface area contributed by atoms with Gasteiger partial charge in [-0.3, -0.25) is 15.3 Å². The van der Waals surface area contributed by atoms with E-state index in [2.05, 4.69) is 15.5 Å². The molecule has 8 heteroatoms. The summed E-state index contributed by atoms with van der Waals surface area (Å²) >= 11 is 1.14. The van der Waals surface area contributed by atoms with Crippen LogP contribution in [0.3, 0.4) is 0 Å². The Kier molecular flexibility index (Phi) is 5.78. The molecule has 2 N–H and O–H groups in total. The topological polar surface area (TPSA) is 104 Å². The lowest BCUT2D eigenvalue weighted by atomic mass is 10.3. The summed E-state index contributed by atoms with van der Waals surface area (Å²) in [6.45, 7) is 2.39. The van der Waals surface area contributed by atoms with E-state index >= 15 is 0 Å². The zero-order valence-corrected chi connectivity index (χ0v) is 10.6. The second-order valence-corrected chi connectivity index (χ2v) is 4.11. The number of anilines is 1. The summed E-state index contributed by atoms with van der Waals surface area (Å²) in [5.74, 6) is -0.977. The van der Waals surface area contributed by atoms with Gasteiger partial charge in [0.25, 0.3) is 5.91 Å². The quantitative estimate of drug-likeness (QED) is 0.329. The molecule has 7 nitrogen and oxygen atoms in total. The maximum absolute atomic E-state index is 11.1. The molecular formula is C10H13N4O3S. The van der Waals surface area contributed by atoms with Crippen LogP contribution in [0.4, 0.5) is 5.13 Å². The Morgan fingerprint density at radius 1 is 1.72 bits per heavy atom. The number of carbonyl (C=O) groups excluding carboxylic acids is 2. The molecule has 0 bridgehead atoms. The zero-order chi connectivity index (χ0) is 13.4. The molecule has 0 saturated heterocycles. The minimum Gasteiger partial charge on any atom is -0.395 e. The molecule has 0 saturated carbocycles. The van der Waals surface area contributed by atoms with Crippen LogP contribution in [0.25, 0.3) is 0 Å². The van der Waals surface area contributed by atoms with Gasteiger partial charge in [-0.25, -0.2) is 4.98 Å². The smallest absolute Gasteiger partial charge is 0.294 e. The fraction of sp³-hybridized carbons (Fsp3) is 0.400. The van der Waals surface area contributed by atoms with Crippen molar-refractivity contribution >= 4 is 34.5 Å². The fourth-order valence-corrected chi connectivity index (χ4v) is 1.68. The summed E-state index contributed by atoms with van der Waals surface area (Å²) in [6.07, 6.45) is 2.25. The van der Waals surface area contributed by atoms with Crippen molar-refractivity contribution in [2.75, 3.05) is 11.9 Å². The number of nitrogens with one attached hydrogen (secondary N) is 2. The van der Waals surface area contributed by atoms with E-state index < -0.39 is 5.91 Å². The van der Waals surface area contributed by atoms with Crippen LogP contribution in [0, 0.1) is 0 Å². The molecular weight excluding hydrogens is 256 g/mol. The first kappa shape index (κ1) is 14.1. The molecule has 97 valence electrons. The van der Waals surface area contributed by atoms with Gasteiger partial charge in [-0.2, -0.15) is 0 Å². The summed E-state index contributed by atoms with van der Waals surface area (Å²) in [5.41, 5.74) is 7.15. The van der Waals surface area contributed by atoms with Crippen LogP contribution in [0.5, 0.6) is 0 Å². The second-order valence-electron chi connectivity index (χ2n) is 3.26. The third kappa shape index (κ3) is 4.13. The maximum atomic E-state index is 11.1. The van der Waals surface area contributed by atoms with Crippen LogP contribution in [-0.4, -0.2) is 29.6 Å². The van der Waals surface area contributed by atoms with Crippen LogP contribution in [0.15, 0.2) is 10.5 Å². The molecule has 1 aromatic rings. The molecule has 1 rings (SSSR count). The highest BCUT2D eigenvalue weighted by Crippen LogP contribution is 2.15. The average molecular weight is 269 g/mol. The maximum Gasteiger partial charge on any atom is 0.294 e. The van der Waals surface area contributed by atoms with Crippen molar-refractivity contribution in [3.8, 4) is 0 Å². The predicted molar refractivity (Wildman–Crippen MR) is 67.3 cm³/mol. The normalized spacial score (nSPS) is 11.1. The van der Waals surface area contributed by atoms with E-state index in [9.17, 15) is 9.59 Å². The Morgan fingerprint density at radius 3 is 3.11 bits per heavy atom. The Bertz CT molecular complexity index is 444. The molecule has 1 heterocycles. The third-order valence-corrected chi connectivity index (χ3v) is 2.66. The predicted octanol–water partition coefficient (Wildman–Crippen LogP) is 1.04. The van der Waals surface area contributed by atoms with Gasteiger partial charge in [-0.1, -0.05) is 18.5 Å². The van der Waals surface area contributed by atoms with Gasteiger partial charge in [-0.15, -0.1) is 11.3 Å². The minimum atomic E-state index is -0.977. The summed E-state index contributed by atoms with van der Waals surface area (Å²) in [5, 5.41) is 7.83. The van der Waals surface area contributed by atoms with E-state index in [1.807, 2.05) is 6.92 Å². The number of rotatable bonds is 8. The van der Waals surface area contributed by atoms with Crippen molar-refractivity contribution in [3.05, 3.63) is 11.1 Å². The molecule has 0 unspecified atom stereocenters. The first-order chi connectivity index (χ1) is 8.69. The standard InChI is InChI=1S/C10H13N4O3S/c1-2-3-4-17-14-8(9(11)16)7-5-18-10(13-7)12-6-15/h5-6,11H,2-4H2,1H3,(H,12,13,15)/b14-8+. The number of unbranched alkanes of at least 4 members (excludes halogenated alkanes) is 1. The van der Waals surface area contributed by atoms with Crippen molar-refractivity contribution in [1.29, 1.82) is 0 Å². The van der Waals surface area contributed by atoms with Crippen LogP contribution in [0.2, 0.25) is 0 Å². The van der Waals surface area contributed by atoms with Gasteiger partial charge in [0.15, 0.2) is 10.8 Å². The van der Waals surface area contributed by atoms with Gasteiger partial charge < -0.3 is 10.2 Å². The van der Waals surface area contributed by atoms with Gasteiger partial charge in [0, 0.05) is 5.38 Å².